The molecule has 0 atom stereocenters. The van der Waals surface area contributed by atoms with E-state index in [0.717, 1.165) is 5.56 Å². The average Bonchev–Trinajstić information content (AvgIpc) is 2.34. The number of hydrogen-bond acceptors (Lipinski definition) is 2. The normalized spacial score (nSPS) is 10.9. The molecule has 0 saturated heterocycles. The van der Waals surface area contributed by atoms with Crippen molar-refractivity contribution in [1.82, 2.24) is 10.6 Å². The molecule has 0 bridgehead atoms. The lowest BCUT2D eigenvalue weighted by atomic mass is 10.2. The van der Waals surface area contributed by atoms with Gasteiger partial charge in [-0.3, -0.25) is 4.79 Å². The monoisotopic (exact) mass is 220 g/mol. The van der Waals surface area contributed by atoms with Crippen molar-refractivity contribution >= 4 is 11.9 Å². The molecule has 0 heterocycles. The summed E-state index contributed by atoms with van der Waals surface area (Å²) in [5.74, 6) is 0.144. The minimum absolute atomic E-state index is 0.127. The molecule has 4 N–H and O–H groups in total. The lowest BCUT2D eigenvalue weighted by Crippen LogP contribution is -2.39. The van der Waals surface area contributed by atoms with Gasteiger partial charge in [0.2, 0.25) is 5.91 Å². The van der Waals surface area contributed by atoms with E-state index < -0.39 is 0 Å². The van der Waals surface area contributed by atoms with Crippen molar-refractivity contribution in [3.05, 3.63) is 35.9 Å². The van der Waals surface area contributed by atoms with Gasteiger partial charge in [0.1, 0.15) is 0 Å². The molecule has 0 aliphatic rings. The molecule has 0 fully saturated rings. The fraction of sp³-hybridized carbons (Fsp3) is 0.273. The third-order valence-corrected chi connectivity index (χ3v) is 1.98. The van der Waals surface area contributed by atoms with Gasteiger partial charge in [-0.05, 0) is 5.56 Å². The Kier molecular flexibility index (Phi) is 4.85. The summed E-state index contributed by atoms with van der Waals surface area (Å²) in [4.78, 5) is 15.0. The van der Waals surface area contributed by atoms with E-state index in [1.807, 2.05) is 30.3 Å². The van der Waals surface area contributed by atoms with Gasteiger partial charge in [-0.25, -0.2) is 4.99 Å². The van der Waals surface area contributed by atoms with Crippen LogP contribution in [0.25, 0.3) is 0 Å². The molecule has 5 heteroatoms. The number of hydrogen-bond donors (Lipinski definition) is 3. The Balaban J connectivity index is 2.37. The first-order chi connectivity index (χ1) is 7.72. The number of carbonyl (C=O) groups is 1. The number of benzene rings is 1. The number of nitrogens with zero attached hydrogens (tertiary/aromatic N) is 1. The van der Waals surface area contributed by atoms with E-state index in [9.17, 15) is 4.79 Å². The van der Waals surface area contributed by atoms with Gasteiger partial charge in [0.25, 0.3) is 0 Å². The van der Waals surface area contributed by atoms with E-state index in [-0.39, 0.29) is 18.4 Å². The summed E-state index contributed by atoms with van der Waals surface area (Å²) >= 11 is 0. The maximum atomic E-state index is 10.9. The molecule has 1 aromatic rings. The van der Waals surface area contributed by atoms with Gasteiger partial charge < -0.3 is 16.4 Å². The molecule has 86 valence electrons. The minimum atomic E-state index is -0.127. The zero-order chi connectivity index (χ0) is 11.8. The molecular formula is C11H16N4O. The van der Waals surface area contributed by atoms with Crippen LogP contribution in [-0.2, 0) is 11.3 Å². The zero-order valence-electron chi connectivity index (χ0n) is 9.23. The predicted molar refractivity (Wildman–Crippen MR) is 63.8 cm³/mol. The van der Waals surface area contributed by atoms with Crippen LogP contribution < -0.4 is 16.4 Å². The van der Waals surface area contributed by atoms with E-state index in [0.29, 0.717) is 6.54 Å². The summed E-state index contributed by atoms with van der Waals surface area (Å²) in [5, 5.41) is 5.20. The highest BCUT2D eigenvalue weighted by molar-refractivity contribution is 5.85. The summed E-state index contributed by atoms with van der Waals surface area (Å²) in [6.07, 6.45) is 0. The lowest BCUT2D eigenvalue weighted by Gasteiger charge is -2.04. The molecule has 0 aliphatic heterocycles. The van der Waals surface area contributed by atoms with E-state index in [4.69, 9.17) is 5.73 Å². The van der Waals surface area contributed by atoms with Crippen LogP contribution in [0.5, 0.6) is 0 Å². The molecule has 0 aliphatic carbocycles. The van der Waals surface area contributed by atoms with Crippen molar-refractivity contribution in [2.75, 3.05) is 13.6 Å². The number of guanidine groups is 1. The van der Waals surface area contributed by atoms with E-state index in [1.165, 1.54) is 0 Å². The first-order valence-electron chi connectivity index (χ1n) is 5.00. The van der Waals surface area contributed by atoms with Crippen molar-refractivity contribution in [3.8, 4) is 0 Å². The van der Waals surface area contributed by atoms with E-state index >= 15 is 0 Å². The maximum Gasteiger partial charge on any atom is 0.239 e. The SMILES string of the molecule is CNC(=O)CNC(N)=NCc1ccccc1. The number of nitrogens with two attached hydrogens (primary N) is 1. The number of rotatable bonds is 4. The number of aliphatic imine (C=N–C) groups is 1. The first kappa shape index (κ1) is 12.0. The molecule has 1 rings (SSSR count). The predicted octanol–water partition coefficient (Wildman–Crippen LogP) is -0.163. The van der Waals surface area contributed by atoms with Crippen LogP contribution in [-0.4, -0.2) is 25.5 Å². The summed E-state index contributed by atoms with van der Waals surface area (Å²) in [6.45, 7) is 0.647. The van der Waals surface area contributed by atoms with Crippen molar-refractivity contribution < 1.29 is 4.79 Å². The highest BCUT2D eigenvalue weighted by Crippen LogP contribution is 1.99. The van der Waals surface area contributed by atoms with Crippen molar-refractivity contribution in [2.24, 2.45) is 10.7 Å². The van der Waals surface area contributed by atoms with Gasteiger partial charge in [-0.2, -0.15) is 0 Å². The van der Waals surface area contributed by atoms with Gasteiger partial charge in [0.05, 0.1) is 13.1 Å². The Morgan fingerprint density at radius 2 is 2.06 bits per heavy atom. The highest BCUT2D eigenvalue weighted by Gasteiger charge is 1.97. The largest absolute Gasteiger partial charge is 0.370 e. The number of likely N-dealkylation sites (N-methyl/N-ethyl adjacent to an activating group) is 1. The van der Waals surface area contributed by atoms with Crippen LogP contribution in [0.15, 0.2) is 35.3 Å². The fourth-order valence-corrected chi connectivity index (χ4v) is 1.08. The Bertz CT molecular complexity index is 362. The minimum Gasteiger partial charge on any atom is -0.370 e. The highest BCUT2D eigenvalue weighted by atomic mass is 16.1. The lowest BCUT2D eigenvalue weighted by molar-refractivity contribution is -0.119. The van der Waals surface area contributed by atoms with E-state index in [1.54, 1.807) is 7.05 Å². The molecular weight excluding hydrogens is 204 g/mol. The Morgan fingerprint density at radius 1 is 1.38 bits per heavy atom. The van der Waals surface area contributed by atoms with Crippen molar-refractivity contribution in [2.45, 2.75) is 6.54 Å². The number of nitrogens with one attached hydrogen (secondary N) is 2. The molecule has 0 unspecified atom stereocenters. The van der Waals surface area contributed by atoms with Gasteiger partial charge in [0, 0.05) is 7.05 Å². The average molecular weight is 220 g/mol. The van der Waals surface area contributed by atoms with Gasteiger partial charge >= 0.3 is 0 Å². The zero-order valence-corrected chi connectivity index (χ0v) is 9.23. The number of carbonyl (C=O) groups excluding carboxylic acids is 1. The summed E-state index contributed by atoms with van der Waals surface area (Å²) < 4.78 is 0. The summed E-state index contributed by atoms with van der Waals surface area (Å²) in [5.41, 5.74) is 6.66. The molecule has 1 aromatic carbocycles. The molecule has 1 amide bonds. The Hall–Kier alpha value is -2.04. The number of amides is 1. The second-order valence-corrected chi connectivity index (χ2v) is 3.21. The van der Waals surface area contributed by atoms with Crippen molar-refractivity contribution in [1.29, 1.82) is 0 Å². The third kappa shape index (κ3) is 4.45. The quantitative estimate of drug-likeness (QED) is 0.487. The van der Waals surface area contributed by atoms with Crippen LogP contribution in [0, 0.1) is 0 Å². The van der Waals surface area contributed by atoms with E-state index in [2.05, 4.69) is 15.6 Å². The van der Waals surface area contributed by atoms with Crippen LogP contribution >= 0.6 is 0 Å². The first-order valence-corrected chi connectivity index (χ1v) is 5.00. The van der Waals surface area contributed by atoms with Gasteiger partial charge in [-0.1, -0.05) is 30.3 Å². The van der Waals surface area contributed by atoms with Crippen molar-refractivity contribution in [3.63, 3.8) is 0 Å². The van der Waals surface area contributed by atoms with Gasteiger partial charge in [0.15, 0.2) is 5.96 Å². The molecule has 16 heavy (non-hydrogen) atoms. The summed E-state index contributed by atoms with van der Waals surface area (Å²) in [7, 11) is 1.57. The maximum absolute atomic E-state index is 10.9. The van der Waals surface area contributed by atoms with Crippen LogP contribution in [0.2, 0.25) is 0 Å². The Morgan fingerprint density at radius 3 is 2.69 bits per heavy atom. The van der Waals surface area contributed by atoms with Crippen LogP contribution in [0.1, 0.15) is 5.56 Å². The molecule has 0 radical (unpaired) electrons. The fourth-order valence-electron chi connectivity index (χ4n) is 1.08. The molecule has 0 aromatic heterocycles. The smallest absolute Gasteiger partial charge is 0.239 e. The van der Waals surface area contributed by atoms with Crippen LogP contribution in [0.3, 0.4) is 0 Å². The van der Waals surface area contributed by atoms with Gasteiger partial charge in [-0.15, -0.1) is 0 Å². The third-order valence-electron chi connectivity index (χ3n) is 1.98. The molecule has 0 saturated carbocycles. The topological polar surface area (TPSA) is 79.5 Å². The standard InChI is InChI=1S/C11H16N4O/c1-13-10(16)8-15-11(12)14-7-9-5-3-2-4-6-9/h2-6H,7-8H2,1H3,(H,13,16)(H3,12,14,15). The molecule has 0 spiro atoms. The summed E-state index contributed by atoms with van der Waals surface area (Å²) in [6, 6.07) is 9.77. The molecule has 5 nitrogen and oxygen atoms in total. The second kappa shape index (κ2) is 6.44. The Labute approximate surface area is 94.8 Å². The van der Waals surface area contributed by atoms with Crippen LogP contribution in [0.4, 0.5) is 0 Å². The second-order valence-electron chi connectivity index (χ2n) is 3.21.